The van der Waals surface area contributed by atoms with Crippen molar-refractivity contribution < 1.29 is 4.74 Å². The first kappa shape index (κ1) is 26.8. The third-order valence-electron chi connectivity index (χ3n) is 9.79. The number of hydrogen-bond donors (Lipinski definition) is 0. The number of nitrogens with zero attached hydrogens (tertiary/aromatic N) is 3. The maximum Gasteiger partial charge on any atom is 0.167 e. The smallest absolute Gasteiger partial charge is 0.167 e. The Balaban J connectivity index is 1.26. The quantitative estimate of drug-likeness (QED) is 0.199. The number of benzene rings is 7. The summed E-state index contributed by atoms with van der Waals surface area (Å²) in [5, 5.41) is 2.31. The number of hydrogen-bond acceptors (Lipinski definition) is 4. The van der Waals surface area contributed by atoms with E-state index in [0.29, 0.717) is 17.5 Å². The van der Waals surface area contributed by atoms with Crippen molar-refractivity contribution in [3.8, 4) is 56.8 Å². The number of aromatic nitrogens is 3. The van der Waals surface area contributed by atoms with Crippen LogP contribution in [0.5, 0.6) is 11.5 Å². The first-order chi connectivity index (χ1) is 23.8. The van der Waals surface area contributed by atoms with Gasteiger partial charge in [0.25, 0.3) is 0 Å². The highest BCUT2D eigenvalue weighted by atomic mass is 16.5. The molecule has 10 rings (SSSR count). The van der Waals surface area contributed by atoms with Crippen LogP contribution < -0.4 is 4.74 Å². The van der Waals surface area contributed by atoms with Gasteiger partial charge in [0.05, 0.1) is 11.0 Å². The zero-order valence-corrected chi connectivity index (χ0v) is 25.8. The van der Waals surface area contributed by atoms with Crippen molar-refractivity contribution in [3.63, 3.8) is 0 Å². The topological polar surface area (TPSA) is 47.9 Å². The Kier molecular flexibility index (Phi) is 5.75. The van der Waals surface area contributed by atoms with Gasteiger partial charge in [0, 0.05) is 22.3 Å². The molecule has 8 aromatic rings. The maximum atomic E-state index is 6.93. The average Bonchev–Trinajstić information content (AvgIpc) is 3.45. The Morgan fingerprint density at radius 3 is 1.71 bits per heavy atom. The van der Waals surface area contributed by atoms with Crippen molar-refractivity contribution >= 4 is 10.8 Å². The van der Waals surface area contributed by atoms with Crippen molar-refractivity contribution in [2.24, 2.45) is 0 Å². The molecule has 0 amide bonds. The average molecular weight is 614 g/mol. The monoisotopic (exact) mass is 613 g/mol. The highest BCUT2D eigenvalue weighted by molar-refractivity contribution is 5.90. The molecule has 1 aromatic heterocycles. The minimum Gasteiger partial charge on any atom is -0.456 e. The van der Waals surface area contributed by atoms with Crippen molar-refractivity contribution in [3.05, 3.63) is 186 Å². The molecular weight excluding hydrogens is 587 g/mol. The standard InChI is InChI=1S/C44H27N3O/c1-2-14-29(15-3-1)41-45-42(31-26-25-28-13-4-5-16-30(28)27-31)47-43(46-41)34-19-12-23-38-40(34)48-39-24-11-10-22-37(39)44(38)35-20-8-6-17-32(35)33-18-7-9-21-36(33)44/h1-27H. The fraction of sp³-hybridized carbons (Fsp3) is 0.0227. The third-order valence-corrected chi connectivity index (χ3v) is 9.79. The zero-order chi connectivity index (χ0) is 31.7. The molecular formula is C44H27N3O. The second-order valence-corrected chi connectivity index (χ2v) is 12.4. The molecule has 4 nitrogen and oxygen atoms in total. The molecule has 7 aromatic carbocycles. The second-order valence-electron chi connectivity index (χ2n) is 12.4. The van der Waals surface area contributed by atoms with E-state index in [1.54, 1.807) is 0 Å². The summed E-state index contributed by atoms with van der Waals surface area (Å²) in [6.45, 7) is 0. The van der Waals surface area contributed by atoms with E-state index < -0.39 is 5.41 Å². The molecule has 48 heavy (non-hydrogen) atoms. The number of ether oxygens (including phenoxy) is 1. The van der Waals surface area contributed by atoms with Crippen molar-refractivity contribution in [1.82, 2.24) is 15.0 Å². The lowest BCUT2D eigenvalue weighted by atomic mass is 9.66. The molecule has 224 valence electrons. The van der Waals surface area contributed by atoms with Crippen molar-refractivity contribution in [1.29, 1.82) is 0 Å². The summed E-state index contributed by atoms with van der Waals surface area (Å²) in [6, 6.07) is 57.2. The summed E-state index contributed by atoms with van der Waals surface area (Å²) in [7, 11) is 0. The van der Waals surface area contributed by atoms with Gasteiger partial charge in [0.15, 0.2) is 17.5 Å². The van der Waals surface area contributed by atoms with Crippen LogP contribution in [0.25, 0.3) is 56.1 Å². The predicted molar refractivity (Wildman–Crippen MR) is 191 cm³/mol. The minimum atomic E-state index is -0.566. The lowest BCUT2D eigenvalue weighted by molar-refractivity contribution is 0.437. The summed E-state index contributed by atoms with van der Waals surface area (Å²) < 4.78 is 6.93. The molecule has 0 unspecified atom stereocenters. The summed E-state index contributed by atoms with van der Waals surface area (Å²) in [6.07, 6.45) is 0. The van der Waals surface area contributed by atoms with E-state index in [0.717, 1.165) is 44.7 Å². The van der Waals surface area contributed by atoms with Gasteiger partial charge in [-0.2, -0.15) is 0 Å². The summed E-state index contributed by atoms with van der Waals surface area (Å²) in [5.41, 5.74) is 9.30. The highest BCUT2D eigenvalue weighted by Gasteiger charge is 2.51. The fourth-order valence-electron chi connectivity index (χ4n) is 7.72. The molecule has 2 heterocycles. The first-order valence-corrected chi connectivity index (χ1v) is 16.2. The maximum absolute atomic E-state index is 6.93. The molecule has 0 saturated heterocycles. The molecule has 0 N–H and O–H groups in total. The summed E-state index contributed by atoms with van der Waals surface area (Å²) in [4.78, 5) is 15.3. The van der Waals surface area contributed by atoms with Gasteiger partial charge >= 0.3 is 0 Å². The Morgan fingerprint density at radius 2 is 0.938 bits per heavy atom. The zero-order valence-electron chi connectivity index (χ0n) is 25.8. The van der Waals surface area contributed by atoms with E-state index in [9.17, 15) is 0 Å². The van der Waals surface area contributed by atoms with Crippen LogP contribution in [0.15, 0.2) is 164 Å². The van der Waals surface area contributed by atoms with Gasteiger partial charge in [-0.1, -0.05) is 146 Å². The lowest BCUT2D eigenvalue weighted by Gasteiger charge is -2.39. The first-order valence-electron chi connectivity index (χ1n) is 16.2. The van der Waals surface area contributed by atoms with E-state index in [4.69, 9.17) is 19.7 Å². The van der Waals surface area contributed by atoms with E-state index in [1.165, 1.54) is 27.6 Å². The molecule has 1 aliphatic carbocycles. The third kappa shape index (κ3) is 3.80. The highest BCUT2D eigenvalue weighted by Crippen LogP contribution is 2.63. The van der Waals surface area contributed by atoms with Gasteiger partial charge in [0.2, 0.25) is 0 Å². The largest absolute Gasteiger partial charge is 0.456 e. The molecule has 1 aliphatic heterocycles. The molecule has 0 bridgehead atoms. The van der Waals surface area contributed by atoms with E-state index in [1.807, 2.05) is 36.4 Å². The predicted octanol–water partition coefficient (Wildman–Crippen LogP) is 10.5. The van der Waals surface area contributed by atoms with Crippen molar-refractivity contribution in [2.75, 3.05) is 0 Å². The number of fused-ring (bicyclic) bond motifs is 10. The normalized spacial score (nSPS) is 13.3. The lowest BCUT2D eigenvalue weighted by Crippen LogP contribution is -2.32. The van der Waals surface area contributed by atoms with Gasteiger partial charge in [0.1, 0.15) is 11.5 Å². The minimum absolute atomic E-state index is 0.566. The van der Waals surface area contributed by atoms with Crippen LogP contribution in [0.3, 0.4) is 0 Å². The van der Waals surface area contributed by atoms with Crippen LogP contribution in [0.1, 0.15) is 22.3 Å². The summed E-state index contributed by atoms with van der Waals surface area (Å²) in [5.74, 6) is 3.39. The Hall–Kier alpha value is -6.39. The van der Waals surface area contributed by atoms with Gasteiger partial charge in [-0.25, -0.2) is 15.0 Å². The summed E-state index contributed by atoms with van der Waals surface area (Å²) >= 11 is 0. The van der Waals surface area contributed by atoms with E-state index in [2.05, 4.69) is 127 Å². The van der Waals surface area contributed by atoms with Gasteiger partial charge in [-0.05, 0) is 51.2 Å². The fourth-order valence-corrected chi connectivity index (χ4v) is 7.72. The molecule has 0 fully saturated rings. The van der Waals surface area contributed by atoms with Gasteiger partial charge in [-0.15, -0.1) is 0 Å². The van der Waals surface area contributed by atoms with Crippen molar-refractivity contribution in [2.45, 2.75) is 5.41 Å². The molecule has 4 heteroatoms. The SMILES string of the molecule is c1ccc(-c2nc(-c3ccc4ccccc4c3)nc(-c3cccc4c3Oc3ccccc3C43c4ccccc4-c4ccccc43)n2)cc1. The molecule has 1 spiro atoms. The van der Waals surface area contributed by atoms with Crippen LogP contribution >= 0.6 is 0 Å². The number of rotatable bonds is 3. The second kappa shape index (κ2) is 10.3. The Morgan fingerprint density at radius 1 is 0.375 bits per heavy atom. The number of para-hydroxylation sites is 2. The molecule has 2 aliphatic rings. The van der Waals surface area contributed by atoms with E-state index in [-0.39, 0.29) is 0 Å². The van der Waals surface area contributed by atoms with Crippen LogP contribution in [0.2, 0.25) is 0 Å². The van der Waals surface area contributed by atoms with Crippen LogP contribution in [-0.2, 0) is 5.41 Å². The van der Waals surface area contributed by atoms with Crippen LogP contribution in [0.4, 0.5) is 0 Å². The molecule has 0 radical (unpaired) electrons. The Labute approximate surface area is 278 Å². The van der Waals surface area contributed by atoms with Crippen LogP contribution in [-0.4, -0.2) is 15.0 Å². The van der Waals surface area contributed by atoms with Crippen LogP contribution in [0, 0.1) is 0 Å². The Bertz CT molecular complexity index is 2510. The van der Waals surface area contributed by atoms with Gasteiger partial charge < -0.3 is 4.74 Å². The molecule has 0 saturated carbocycles. The van der Waals surface area contributed by atoms with Gasteiger partial charge in [-0.3, -0.25) is 0 Å². The molecule has 0 atom stereocenters. The van der Waals surface area contributed by atoms with E-state index >= 15 is 0 Å².